The van der Waals surface area contributed by atoms with E-state index >= 15 is 0 Å². The largest absolute Gasteiger partial charge is 0.334 e. The maximum Gasteiger partial charge on any atom is 0.267 e. The van der Waals surface area contributed by atoms with Gasteiger partial charge < -0.3 is 10.2 Å². The zero-order valence-electron chi connectivity index (χ0n) is 13.2. The average Bonchev–Trinajstić information content (AvgIpc) is 3.11. The molecule has 3 heterocycles. The molecule has 2 aliphatic heterocycles. The number of nitrogens with one attached hydrogen (secondary N) is 1. The summed E-state index contributed by atoms with van der Waals surface area (Å²) in [6, 6.07) is 0.354. The van der Waals surface area contributed by atoms with E-state index in [-0.39, 0.29) is 11.3 Å². The third kappa shape index (κ3) is 2.48. The molecule has 1 aromatic heterocycles. The fourth-order valence-electron chi connectivity index (χ4n) is 3.73. The van der Waals surface area contributed by atoms with Crippen LogP contribution in [0.4, 0.5) is 0 Å². The monoisotopic (exact) mass is 308 g/mol. The summed E-state index contributed by atoms with van der Waals surface area (Å²) in [7, 11) is 0. The van der Waals surface area contributed by atoms with E-state index in [0.29, 0.717) is 17.9 Å². The molecule has 0 saturated carbocycles. The Hall–Kier alpha value is -1.01. The molecule has 21 heavy (non-hydrogen) atoms. The molecule has 1 aromatic rings. The van der Waals surface area contributed by atoms with Crippen LogP contribution in [0.1, 0.15) is 49.5 Å². The van der Waals surface area contributed by atoms with Crippen molar-refractivity contribution in [3.63, 3.8) is 0 Å². The molecule has 3 unspecified atom stereocenters. The third-order valence-corrected chi connectivity index (χ3v) is 5.50. The number of rotatable bonds is 2. The van der Waals surface area contributed by atoms with E-state index in [4.69, 9.17) is 0 Å². The van der Waals surface area contributed by atoms with Crippen molar-refractivity contribution in [2.75, 3.05) is 19.6 Å². The van der Waals surface area contributed by atoms with Gasteiger partial charge in [-0.3, -0.25) is 4.79 Å². The Bertz CT molecular complexity index is 536. The summed E-state index contributed by atoms with van der Waals surface area (Å²) in [5.74, 6) is 1.35. The van der Waals surface area contributed by atoms with Gasteiger partial charge in [-0.15, -0.1) is 5.10 Å². The number of hydrogen-bond acceptors (Lipinski definition) is 5. The molecule has 2 saturated heterocycles. The molecule has 0 aromatic carbocycles. The molecule has 1 amide bonds. The van der Waals surface area contributed by atoms with Crippen molar-refractivity contribution in [2.24, 2.45) is 11.8 Å². The summed E-state index contributed by atoms with van der Waals surface area (Å²) >= 11 is 1.24. The van der Waals surface area contributed by atoms with Crippen LogP contribution in [0.3, 0.4) is 0 Å². The molecule has 5 nitrogen and oxygen atoms in total. The normalized spacial score (nSPS) is 29.0. The first kappa shape index (κ1) is 14.9. The summed E-state index contributed by atoms with van der Waals surface area (Å²) in [5.41, 5.74) is 0.694. The molecule has 2 fully saturated rings. The van der Waals surface area contributed by atoms with E-state index in [1.165, 1.54) is 11.5 Å². The van der Waals surface area contributed by atoms with E-state index in [1.807, 2.05) is 0 Å². The van der Waals surface area contributed by atoms with E-state index in [1.54, 1.807) is 0 Å². The van der Waals surface area contributed by atoms with Crippen LogP contribution in [0.2, 0.25) is 0 Å². The minimum atomic E-state index is -0.142. The molecular formula is C15H24N4OS. The summed E-state index contributed by atoms with van der Waals surface area (Å²) in [5, 5.41) is 7.67. The predicted molar refractivity (Wildman–Crippen MR) is 83.6 cm³/mol. The number of aromatic nitrogens is 2. The molecule has 0 radical (unpaired) electrons. The van der Waals surface area contributed by atoms with Gasteiger partial charge in [0, 0.05) is 31.1 Å². The molecule has 3 rings (SSSR count). The van der Waals surface area contributed by atoms with Crippen molar-refractivity contribution < 1.29 is 4.79 Å². The van der Waals surface area contributed by atoms with Crippen LogP contribution < -0.4 is 5.32 Å². The molecular weight excluding hydrogens is 284 g/mol. The Kier molecular flexibility index (Phi) is 3.78. The van der Waals surface area contributed by atoms with Gasteiger partial charge in [-0.25, -0.2) is 0 Å². The number of hydrogen-bond donors (Lipinski definition) is 1. The highest BCUT2D eigenvalue weighted by Gasteiger charge is 2.46. The lowest BCUT2D eigenvalue weighted by molar-refractivity contribution is 0.0714. The van der Waals surface area contributed by atoms with Crippen molar-refractivity contribution in [1.82, 2.24) is 19.8 Å². The van der Waals surface area contributed by atoms with E-state index in [9.17, 15) is 4.79 Å². The van der Waals surface area contributed by atoms with E-state index in [2.05, 4.69) is 47.5 Å². The highest BCUT2D eigenvalue weighted by atomic mass is 32.1. The molecule has 116 valence electrons. The first-order chi connectivity index (χ1) is 9.93. The first-order valence-corrected chi connectivity index (χ1v) is 8.55. The average molecular weight is 308 g/mol. The summed E-state index contributed by atoms with van der Waals surface area (Å²) in [6.07, 6.45) is 1.02. The molecule has 3 atom stereocenters. The number of amides is 1. The van der Waals surface area contributed by atoms with Crippen LogP contribution in [0.15, 0.2) is 0 Å². The Labute approximate surface area is 130 Å². The zero-order chi connectivity index (χ0) is 15.2. The topological polar surface area (TPSA) is 58.1 Å². The lowest BCUT2D eigenvalue weighted by Gasteiger charge is -2.27. The second kappa shape index (κ2) is 5.32. The van der Waals surface area contributed by atoms with Crippen LogP contribution in [-0.4, -0.2) is 46.1 Å². The SMILES string of the molecule is CCC1C2CNCC2CN1C(=O)c1snnc1C(C)(C)C. The molecule has 2 aliphatic rings. The second-order valence-electron chi connectivity index (χ2n) is 7.22. The number of fused-ring (bicyclic) bond motifs is 1. The van der Waals surface area contributed by atoms with Crippen molar-refractivity contribution in [3.8, 4) is 0 Å². The molecule has 1 N–H and O–H groups in total. The third-order valence-electron chi connectivity index (χ3n) is 4.79. The lowest BCUT2D eigenvalue weighted by atomic mass is 9.91. The minimum Gasteiger partial charge on any atom is -0.334 e. The highest BCUT2D eigenvalue weighted by Crippen LogP contribution is 2.36. The van der Waals surface area contributed by atoms with E-state index < -0.39 is 0 Å². The lowest BCUT2D eigenvalue weighted by Crippen LogP contribution is -2.40. The Morgan fingerprint density at radius 1 is 1.43 bits per heavy atom. The van der Waals surface area contributed by atoms with Crippen molar-refractivity contribution in [3.05, 3.63) is 10.6 Å². The summed E-state index contributed by atoms with van der Waals surface area (Å²) in [4.78, 5) is 15.8. The molecule has 0 aliphatic carbocycles. The minimum absolute atomic E-state index is 0.135. The number of carbonyl (C=O) groups is 1. The van der Waals surface area contributed by atoms with Gasteiger partial charge in [-0.05, 0) is 29.8 Å². The van der Waals surface area contributed by atoms with Gasteiger partial charge in [0.1, 0.15) is 4.88 Å². The van der Waals surface area contributed by atoms with Crippen molar-refractivity contribution in [1.29, 1.82) is 0 Å². The molecule has 0 spiro atoms. The maximum atomic E-state index is 13.0. The van der Waals surface area contributed by atoms with Gasteiger partial charge >= 0.3 is 0 Å². The van der Waals surface area contributed by atoms with Crippen LogP contribution in [0.5, 0.6) is 0 Å². The fourth-order valence-corrected chi connectivity index (χ4v) is 4.56. The standard InChI is InChI=1S/C15H24N4OS/c1-5-11-10-7-16-6-9(10)8-19(11)14(20)12-13(15(2,3)4)17-18-21-12/h9-11,16H,5-8H2,1-4H3. The number of likely N-dealkylation sites (tertiary alicyclic amines) is 1. The Balaban J connectivity index is 1.87. The number of carbonyl (C=O) groups excluding carboxylic acids is 1. The second-order valence-corrected chi connectivity index (χ2v) is 7.97. The van der Waals surface area contributed by atoms with Crippen LogP contribution >= 0.6 is 11.5 Å². The quantitative estimate of drug-likeness (QED) is 0.906. The van der Waals surface area contributed by atoms with Crippen molar-refractivity contribution >= 4 is 17.4 Å². The van der Waals surface area contributed by atoms with Gasteiger partial charge in [0.15, 0.2) is 0 Å². The van der Waals surface area contributed by atoms with Crippen molar-refractivity contribution in [2.45, 2.75) is 45.6 Å². The molecule has 0 bridgehead atoms. The van der Waals surface area contributed by atoms with Gasteiger partial charge in [0.05, 0.1) is 5.69 Å². The van der Waals surface area contributed by atoms with Gasteiger partial charge in [0.25, 0.3) is 5.91 Å². The van der Waals surface area contributed by atoms with Crippen LogP contribution in [-0.2, 0) is 5.41 Å². The number of nitrogens with zero attached hydrogens (tertiary/aromatic N) is 3. The first-order valence-electron chi connectivity index (χ1n) is 7.78. The Morgan fingerprint density at radius 3 is 2.86 bits per heavy atom. The van der Waals surface area contributed by atoms with Gasteiger partial charge in [-0.2, -0.15) is 0 Å². The Morgan fingerprint density at radius 2 is 2.19 bits per heavy atom. The van der Waals surface area contributed by atoms with E-state index in [0.717, 1.165) is 36.6 Å². The molecule has 6 heteroatoms. The highest BCUT2D eigenvalue weighted by molar-refractivity contribution is 7.08. The summed E-state index contributed by atoms with van der Waals surface area (Å²) in [6.45, 7) is 11.4. The zero-order valence-corrected chi connectivity index (χ0v) is 14.0. The van der Waals surface area contributed by atoms with Crippen LogP contribution in [0, 0.1) is 11.8 Å². The van der Waals surface area contributed by atoms with Gasteiger partial charge in [-0.1, -0.05) is 32.2 Å². The smallest absolute Gasteiger partial charge is 0.267 e. The van der Waals surface area contributed by atoms with Crippen LogP contribution in [0.25, 0.3) is 0 Å². The summed E-state index contributed by atoms with van der Waals surface area (Å²) < 4.78 is 4.04. The predicted octanol–water partition coefficient (Wildman–Crippen LogP) is 1.91. The van der Waals surface area contributed by atoms with Gasteiger partial charge in [0.2, 0.25) is 0 Å². The fraction of sp³-hybridized carbons (Fsp3) is 0.800. The maximum absolute atomic E-state index is 13.0.